The zero-order valence-corrected chi connectivity index (χ0v) is 22.0. The molecule has 7 nitrogen and oxygen atoms in total. The molecule has 4 rings (SSSR count). The van der Waals surface area contributed by atoms with Crippen molar-refractivity contribution in [2.45, 2.75) is 30.1 Å². The lowest BCUT2D eigenvalue weighted by molar-refractivity contribution is -0.131. The molecular formula is C29H25FO7S. The zero-order chi connectivity index (χ0) is 27.4. The lowest BCUT2D eigenvalue weighted by Crippen LogP contribution is -2.12. The molecule has 0 saturated carbocycles. The van der Waals surface area contributed by atoms with Gasteiger partial charge in [-0.25, -0.2) is 9.18 Å². The van der Waals surface area contributed by atoms with Crippen LogP contribution in [0.25, 0.3) is 10.8 Å². The number of fused-ring (bicyclic) bond motifs is 1. The number of methoxy groups -OCH3 is 2. The molecule has 38 heavy (non-hydrogen) atoms. The first-order valence-electron chi connectivity index (χ1n) is 11.7. The first-order valence-corrected chi connectivity index (χ1v) is 12.8. The first kappa shape index (κ1) is 27.0. The van der Waals surface area contributed by atoms with Gasteiger partial charge in [-0.2, -0.15) is 0 Å². The van der Waals surface area contributed by atoms with Crippen molar-refractivity contribution in [1.82, 2.24) is 0 Å². The minimum Gasteiger partial charge on any atom is -0.606 e. The molecule has 0 fully saturated rings. The normalized spacial score (nSPS) is 11.6. The van der Waals surface area contributed by atoms with Crippen LogP contribution in [0.15, 0.2) is 76.5 Å². The fourth-order valence-electron chi connectivity index (χ4n) is 3.98. The molecule has 0 aliphatic heterocycles. The smallest absolute Gasteiger partial charge is 0.343 e. The number of halogens is 1. The summed E-state index contributed by atoms with van der Waals surface area (Å²) < 4.78 is 49.6. The second-order valence-electron chi connectivity index (χ2n) is 8.16. The van der Waals surface area contributed by atoms with Crippen molar-refractivity contribution in [2.75, 3.05) is 14.2 Å². The molecule has 0 saturated heterocycles. The van der Waals surface area contributed by atoms with Crippen LogP contribution >= 0.6 is 0 Å². The average Bonchev–Trinajstić information content (AvgIpc) is 2.93. The number of carbonyl (C=O) groups excluding carboxylic acids is 2. The quantitative estimate of drug-likeness (QED) is 0.158. The number of rotatable bonds is 8. The van der Waals surface area contributed by atoms with Crippen molar-refractivity contribution in [3.63, 3.8) is 0 Å². The molecule has 1 unspecified atom stereocenters. The van der Waals surface area contributed by atoms with Crippen LogP contribution in [0.4, 0.5) is 4.39 Å². The van der Waals surface area contributed by atoms with Crippen LogP contribution in [-0.2, 0) is 22.4 Å². The molecular weight excluding hydrogens is 511 g/mol. The number of benzene rings is 4. The third-order valence-corrected chi connectivity index (χ3v) is 7.23. The maximum atomic E-state index is 13.6. The minimum atomic E-state index is -1.83. The second kappa shape index (κ2) is 11.5. The van der Waals surface area contributed by atoms with Crippen LogP contribution < -0.4 is 18.9 Å². The zero-order valence-electron chi connectivity index (χ0n) is 21.2. The van der Waals surface area contributed by atoms with Gasteiger partial charge in [0.2, 0.25) is 11.5 Å². The Morgan fingerprint density at radius 3 is 2.05 bits per heavy atom. The Bertz CT molecular complexity index is 1480. The van der Waals surface area contributed by atoms with E-state index in [9.17, 15) is 18.5 Å². The van der Waals surface area contributed by atoms with Crippen LogP contribution in [0.1, 0.15) is 29.8 Å². The van der Waals surface area contributed by atoms with E-state index in [0.29, 0.717) is 15.8 Å². The fourth-order valence-corrected chi connectivity index (χ4v) is 5.21. The Kier molecular flexibility index (Phi) is 8.19. The molecule has 0 aliphatic rings. The second-order valence-corrected chi connectivity index (χ2v) is 9.61. The summed E-state index contributed by atoms with van der Waals surface area (Å²) in [6, 6.07) is 17.0. The number of esters is 2. The summed E-state index contributed by atoms with van der Waals surface area (Å²) in [5, 5.41) is 0.512. The fraction of sp³-hybridized carbons (Fsp3) is 0.172. The summed E-state index contributed by atoms with van der Waals surface area (Å²) in [6.45, 7) is 3.22. The van der Waals surface area contributed by atoms with Crippen LogP contribution in [0, 0.1) is 5.82 Å². The van der Waals surface area contributed by atoms with Crippen molar-refractivity contribution in [3.8, 4) is 23.0 Å². The Balaban J connectivity index is 1.97. The Hall–Kier alpha value is -4.08. The Morgan fingerprint density at radius 2 is 1.47 bits per heavy atom. The highest BCUT2D eigenvalue weighted by molar-refractivity contribution is 7.91. The van der Waals surface area contributed by atoms with Crippen molar-refractivity contribution in [2.24, 2.45) is 0 Å². The SMILES string of the molecule is CCc1ccc(C(=O)Oc2c(OC)c(OC)c(OC(C)=O)c3c([S+]([O-])c4ccc(F)cc4)cccc23)cc1. The highest BCUT2D eigenvalue weighted by Gasteiger charge is 2.31. The third-order valence-electron chi connectivity index (χ3n) is 5.79. The monoisotopic (exact) mass is 536 g/mol. The van der Waals surface area contributed by atoms with Crippen molar-refractivity contribution in [1.29, 1.82) is 0 Å². The van der Waals surface area contributed by atoms with Gasteiger partial charge in [0.25, 0.3) is 0 Å². The van der Waals surface area contributed by atoms with Gasteiger partial charge in [0.15, 0.2) is 21.3 Å². The molecule has 0 heterocycles. The van der Waals surface area contributed by atoms with Crippen molar-refractivity contribution in [3.05, 3.63) is 83.7 Å². The van der Waals surface area contributed by atoms with E-state index >= 15 is 0 Å². The molecule has 0 N–H and O–H groups in total. The maximum Gasteiger partial charge on any atom is 0.343 e. The summed E-state index contributed by atoms with van der Waals surface area (Å²) in [5.41, 5.74) is 1.37. The predicted octanol–water partition coefficient (Wildman–Crippen LogP) is 5.87. The van der Waals surface area contributed by atoms with Gasteiger partial charge < -0.3 is 23.5 Å². The molecule has 0 aliphatic carbocycles. The van der Waals surface area contributed by atoms with Gasteiger partial charge in [-0.05, 0) is 60.5 Å². The van der Waals surface area contributed by atoms with E-state index in [4.69, 9.17) is 18.9 Å². The lowest BCUT2D eigenvalue weighted by Gasteiger charge is -2.21. The van der Waals surface area contributed by atoms with E-state index in [-0.39, 0.29) is 33.3 Å². The van der Waals surface area contributed by atoms with E-state index in [1.165, 1.54) is 45.4 Å². The van der Waals surface area contributed by atoms with E-state index in [2.05, 4.69) is 0 Å². The van der Waals surface area contributed by atoms with E-state index in [1.807, 2.05) is 19.1 Å². The number of hydrogen-bond acceptors (Lipinski definition) is 7. The van der Waals surface area contributed by atoms with Crippen molar-refractivity contribution >= 4 is 33.9 Å². The molecule has 0 radical (unpaired) electrons. The van der Waals surface area contributed by atoms with Gasteiger partial charge >= 0.3 is 11.9 Å². The highest BCUT2D eigenvalue weighted by atomic mass is 32.2. The number of carbonyl (C=O) groups is 2. The highest BCUT2D eigenvalue weighted by Crippen LogP contribution is 2.53. The number of ether oxygens (including phenoxy) is 4. The van der Waals surface area contributed by atoms with Crippen LogP contribution in [-0.4, -0.2) is 30.7 Å². The van der Waals surface area contributed by atoms with E-state index in [0.717, 1.165) is 12.0 Å². The summed E-state index contributed by atoms with van der Waals surface area (Å²) in [7, 11) is 2.69. The van der Waals surface area contributed by atoms with Gasteiger partial charge in [-0.1, -0.05) is 25.1 Å². The summed E-state index contributed by atoms with van der Waals surface area (Å²) in [5.74, 6) is -1.85. The minimum absolute atomic E-state index is 0.00206. The molecule has 196 valence electrons. The molecule has 0 spiro atoms. The van der Waals surface area contributed by atoms with Crippen LogP contribution in [0.2, 0.25) is 0 Å². The maximum absolute atomic E-state index is 13.6. The predicted molar refractivity (Wildman–Crippen MR) is 140 cm³/mol. The van der Waals surface area contributed by atoms with Gasteiger partial charge in [-0.15, -0.1) is 0 Å². The summed E-state index contributed by atoms with van der Waals surface area (Å²) in [6.07, 6.45) is 0.816. The van der Waals surface area contributed by atoms with E-state index in [1.54, 1.807) is 30.3 Å². The van der Waals surface area contributed by atoms with E-state index < -0.39 is 28.9 Å². The first-order chi connectivity index (χ1) is 18.3. The molecule has 4 aromatic carbocycles. The molecule has 0 bridgehead atoms. The Labute approximate surface area is 222 Å². The summed E-state index contributed by atoms with van der Waals surface area (Å²) >= 11 is -1.83. The molecule has 0 aromatic heterocycles. The third kappa shape index (κ3) is 5.29. The van der Waals surface area contributed by atoms with Crippen LogP contribution in [0.3, 0.4) is 0 Å². The molecule has 1 atom stereocenters. The average molecular weight is 537 g/mol. The standard InChI is InChI=1S/C29H25FO7S/c1-5-18-9-11-19(12-10-18)29(32)37-25-22-7-6-8-23(38(33)21-15-13-20(30)14-16-21)24(22)26(36-17(2)31)28(35-4)27(25)34-3/h6-16H,5H2,1-4H3. The molecule has 4 aromatic rings. The van der Waals surface area contributed by atoms with Gasteiger partial charge in [0, 0.05) is 23.5 Å². The topological polar surface area (TPSA) is 94.1 Å². The van der Waals surface area contributed by atoms with Gasteiger partial charge in [0.1, 0.15) is 5.82 Å². The number of aryl methyl sites for hydroxylation is 1. The largest absolute Gasteiger partial charge is 0.606 e. The van der Waals surface area contributed by atoms with Gasteiger partial charge in [-0.3, -0.25) is 4.79 Å². The van der Waals surface area contributed by atoms with Gasteiger partial charge in [0.05, 0.1) is 25.2 Å². The summed E-state index contributed by atoms with van der Waals surface area (Å²) in [4.78, 5) is 25.8. The van der Waals surface area contributed by atoms with Crippen molar-refractivity contribution < 1.29 is 37.5 Å². The molecule has 9 heteroatoms. The molecule has 0 amide bonds. The lowest BCUT2D eigenvalue weighted by atomic mass is 10.1. The number of hydrogen-bond donors (Lipinski definition) is 0. The van der Waals surface area contributed by atoms with Crippen LogP contribution in [0.5, 0.6) is 23.0 Å². The Morgan fingerprint density at radius 1 is 0.842 bits per heavy atom.